The molecule has 6 heterocycles. The normalized spacial score (nSPS) is 32.1. The minimum Gasteiger partial charge on any atom is -0.454 e. The molecular weight excluding hydrogens is 376 g/mol. The Hall–Kier alpha value is -2.57. The van der Waals surface area contributed by atoms with Crippen molar-refractivity contribution in [3.63, 3.8) is 0 Å². The number of hydrogen-bond donors (Lipinski definition) is 1. The van der Waals surface area contributed by atoms with Crippen LogP contribution in [-0.4, -0.2) is 58.3 Å². The molecule has 0 radical (unpaired) electrons. The molecule has 2 bridgehead atoms. The third-order valence-corrected chi connectivity index (χ3v) is 7.71. The molecule has 3 atom stereocenters. The maximum atomic E-state index is 5.69. The molecule has 3 aromatic rings. The first-order valence-corrected chi connectivity index (χ1v) is 11.1. The van der Waals surface area contributed by atoms with Crippen molar-refractivity contribution in [3.8, 4) is 11.5 Å². The zero-order chi connectivity index (χ0) is 19.7. The molecule has 5 aliphatic heterocycles. The Kier molecular flexibility index (Phi) is 3.69. The van der Waals surface area contributed by atoms with E-state index in [1.165, 1.54) is 31.5 Å². The van der Waals surface area contributed by atoms with Gasteiger partial charge in [-0.05, 0) is 61.7 Å². The summed E-state index contributed by atoms with van der Waals surface area (Å²) in [6.07, 6.45) is 2.65. The van der Waals surface area contributed by atoms with Crippen LogP contribution in [0.25, 0.3) is 11.0 Å². The molecule has 4 saturated heterocycles. The molecule has 0 amide bonds. The smallest absolute Gasteiger partial charge is 0.231 e. The Morgan fingerprint density at radius 3 is 2.77 bits per heavy atom. The van der Waals surface area contributed by atoms with Crippen molar-refractivity contribution >= 4 is 11.0 Å². The number of nitrogens with one attached hydrogen (secondary N) is 1. The van der Waals surface area contributed by atoms with E-state index in [1.54, 1.807) is 0 Å². The summed E-state index contributed by atoms with van der Waals surface area (Å²) in [7, 11) is 0. The summed E-state index contributed by atoms with van der Waals surface area (Å²) in [6.45, 7) is 4.78. The minimum absolute atomic E-state index is 0.335. The first-order chi connectivity index (χ1) is 14.8. The molecule has 6 heteroatoms. The topological polar surface area (TPSA) is 53.6 Å². The van der Waals surface area contributed by atoms with Crippen LogP contribution in [0.4, 0.5) is 0 Å². The molecule has 0 unspecified atom stereocenters. The molecular formula is C24H26N4O2. The molecule has 2 aromatic carbocycles. The molecule has 1 aromatic heterocycles. The standard InChI is InChI=1S/C24H26N4O2/c1-2-4-19-18(3-1)25-22(26-19)13-28-12-17(16-5-6-20-21(11-16)30-14-29-20)24-23(28)15-7-9-27(24)10-8-15/h1-6,11,15,17,23-24H,7-10,12-14H2,(H,25,26)/t17-,23+,24+/m1/s1. The van der Waals surface area contributed by atoms with Crippen molar-refractivity contribution in [1.82, 2.24) is 19.8 Å². The fourth-order valence-corrected chi connectivity index (χ4v) is 6.43. The Bertz CT molecular complexity index is 1070. The van der Waals surface area contributed by atoms with Gasteiger partial charge < -0.3 is 14.5 Å². The van der Waals surface area contributed by atoms with Gasteiger partial charge in [-0.1, -0.05) is 18.2 Å². The third kappa shape index (κ3) is 2.53. The summed E-state index contributed by atoms with van der Waals surface area (Å²) in [4.78, 5) is 13.9. The highest BCUT2D eigenvalue weighted by atomic mass is 16.7. The number of H-pyrrole nitrogens is 1. The van der Waals surface area contributed by atoms with E-state index in [0.29, 0.717) is 24.8 Å². The number of aromatic amines is 1. The van der Waals surface area contributed by atoms with Crippen LogP contribution in [0, 0.1) is 5.92 Å². The fourth-order valence-electron chi connectivity index (χ4n) is 6.43. The van der Waals surface area contributed by atoms with Gasteiger partial charge in [0.05, 0.1) is 17.6 Å². The van der Waals surface area contributed by atoms with Gasteiger partial charge in [-0.3, -0.25) is 9.80 Å². The number of aromatic nitrogens is 2. The lowest BCUT2D eigenvalue weighted by Gasteiger charge is -2.51. The van der Waals surface area contributed by atoms with Crippen LogP contribution in [-0.2, 0) is 6.54 Å². The molecule has 0 spiro atoms. The third-order valence-electron chi connectivity index (χ3n) is 7.71. The lowest BCUT2D eigenvalue weighted by atomic mass is 9.75. The van der Waals surface area contributed by atoms with Crippen LogP contribution in [0.15, 0.2) is 42.5 Å². The minimum atomic E-state index is 0.335. The summed E-state index contributed by atoms with van der Waals surface area (Å²) in [5.41, 5.74) is 3.57. The summed E-state index contributed by atoms with van der Waals surface area (Å²) in [6, 6.07) is 16.1. The summed E-state index contributed by atoms with van der Waals surface area (Å²) in [5, 5.41) is 0. The highest BCUT2D eigenvalue weighted by molar-refractivity contribution is 5.74. The SMILES string of the molecule is c1ccc2[nH]c(CN3C[C@H](c4ccc5c(c4)OCO5)[C@H]4[C@@H]3C3CCN4CC3)nc2c1. The lowest BCUT2D eigenvalue weighted by Crippen LogP contribution is -2.60. The van der Waals surface area contributed by atoms with Crippen LogP contribution in [0.1, 0.15) is 30.1 Å². The molecule has 6 nitrogen and oxygen atoms in total. The highest BCUT2D eigenvalue weighted by Crippen LogP contribution is 2.48. The van der Waals surface area contributed by atoms with Crippen molar-refractivity contribution in [2.24, 2.45) is 5.92 Å². The van der Waals surface area contributed by atoms with Gasteiger partial charge in [-0.15, -0.1) is 0 Å². The Morgan fingerprint density at radius 1 is 1.00 bits per heavy atom. The Balaban J connectivity index is 1.24. The van der Waals surface area contributed by atoms with Crippen molar-refractivity contribution < 1.29 is 9.47 Å². The molecule has 1 N–H and O–H groups in total. The van der Waals surface area contributed by atoms with Crippen LogP contribution in [0.5, 0.6) is 11.5 Å². The summed E-state index contributed by atoms with van der Waals surface area (Å²) < 4.78 is 11.2. The predicted octanol–water partition coefficient (Wildman–Crippen LogP) is 3.35. The second kappa shape index (κ2) is 6.46. The van der Waals surface area contributed by atoms with Crippen LogP contribution in [0.2, 0.25) is 0 Å². The Labute approximate surface area is 175 Å². The molecule has 5 aliphatic rings. The number of ether oxygens (including phenoxy) is 2. The number of hydrogen-bond acceptors (Lipinski definition) is 5. The number of piperidine rings is 3. The molecule has 0 aliphatic carbocycles. The van der Waals surface area contributed by atoms with Crippen molar-refractivity contribution in [1.29, 1.82) is 0 Å². The van der Waals surface area contributed by atoms with Gasteiger partial charge >= 0.3 is 0 Å². The molecule has 0 saturated carbocycles. The second-order valence-electron chi connectivity index (χ2n) is 9.20. The number of imidazole rings is 1. The molecule has 30 heavy (non-hydrogen) atoms. The number of likely N-dealkylation sites (tertiary alicyclic amines) is 1. The van der Waals surface area contributed by atoms with Gasteiger partial charge in [-0.2, -0.15) is 0 Å². The monoisotopic (exact) mass is 402 g/mol. The van der Waals surface area contributed by atoms with Gasteiger partial charge in [0.2, 0.25) is 6.79 Å². The average molecular weight is 402 g/mol. The first-order valence-electron chi connectivity index (χ1n) is 11.1. The van der Waals surface area contributed by atoms with E-state index in [-0.39, 0.29) is 0 Å². The zero-order valence-corrected chi connectivity index (χ0v) is 17.0. The number of fused-ring (bicyclic) bond motifs is 4. The van der Waals surface area contributed by atoms with Gasteiger partial charge in [0.1, 0.15) is 5.82 Å². The van der Waals surface area contributed by atoms with Gasteiger partial charge in [0.25, 0.3) is 0 Å². The van der Waals surface area contributed by atoms with E-state index in [9.17, 15) is 0 Å². The number of nitrogens with zero attached hydrogens (tertiary/aromatic N) is 3. The fraction of sp³-hybridized carbons (Fsp3) is 0.458. The Morgan fingerprint density at radius 2 is 1.87 bits per heavy atom. The maximum absolute atomic E-state index is 5.69. The number of para-hydroxylation sites is 2. The lowest BCUT2D eigenvalue weighted by molar-refractivity contribution is -0.00922. The second-order valence-corrected chi connectivity index (χ2v) is 9.20. The molecule has 8 rings (SSSR count). The summed E-state index contributed by atoms with van der Waals surface area (Å²) >= 11 is 0. The van der Waals surface area contributed by atoms with E-state index in [2.05, 4.69) is 57.2 Å². The summed E-state index contributed by atoms with van der Waals surface area (Å²) in [5.74, 6) is 4.15. The predicted molar refractivity (Wildman–Crippen MR) is 114 cm³/mol. The molecule has 154 valence electrons. The van der Waals surface area contributed by atoms with Crippen LogP contribution < -0.4 is 9.47 Å². The van der Waals surface area contributed by atoms with Crippen molar-refractivity contribution in [2.45, 2.75) is 37.4 Å². The van der Waals surface area contributed by atoms with Crippen LogP contribution in [0.3, 0.4) is 0 Å². The molecule has 4 fully saturated rings. The maximum Gasteiger partial charge on any atom is 0.231 e. The zero-order valence-electron chi connectivity index (χ0n) is 17.0. The van der Waals surface area contributed by atoms with E-state index in [1.807, 2.05) is 0 Å². The van der Waals surface area contributed by atoms with E-state index in [4.69, 9.17) is 14.5 Å². The largest absolute Gasteiger partial charge is 0.454 e. The van der Waals surface area contributed by atoms with Crippen molar-refractivity contribution in [3.05, 3.63) is 53.9 Å². The van der Waals surface area contributed by atoms with Crippen LogP contribution >= 0.6 is 0 Å². The average Bonchev–Trinajstić information content (AvgIpc) is 3.51. The van der Waals surface area contributed by atoms with Gasteiger partial charge in [0.15, 0.2) is 11.5 Å². The van der Waals surface area contributed by atoms with E-state index >= 15 is 0 Å². The van der Waals surface area contributed by atoms with Gasteiger partial charge in [-0.25, -0.2) is 4.98 Å². The van der Waals surface area contributed by atoms with Gasteiger partial charge in [0, 0.05) is 24.5 Å². The number of benzene rings is 2. The number of rotatable bonds is 3. The van der Waals surface area contributed by atoms with E-state index in [0.717, 1.165) is 47.4 Å². The van der Waals surface area contributed by atoms with E-state index < -0.39 is 0 Å². The highest BCUT2D eigenvalue weighted by Gasteiger charge is 2.53. The van der Waals surface area contributed by atoms with Crippen molar-refractivity contribution in [2.75, 3.05) is 26.4 Å². The first kappa shape index (κ1) is 17.1. The quantitative estimate of drug-likeness (QED) is 0.728.